The van der Waals surface area contributed by atoms with Crippen LogP contribution in [-0.2, 0) is 11.2 Å². The molecule has 0 saturated carbocycles. The van der Waals surface area contributed by atoms with Gasteiger partial charge in [0.25, 0.3) is 0 Å². The van der Waals surface area contributed by atoms with Crippen molar-refractivity contribution in [1.82, 2.24) is 4.98 Å². The molecule has 0 fully saturated rings. The average Bonchev–Trinajstić information content (AvgIpc) is 2.56. The van der Waals surface area contributed by atoms with Crippen molar-refractivity contribution in [3.05, 3.63) is 59.4 Å². The Balaban J connectivity index is 1.91. The van der Waals surface area contributed by atoms with Crippen LogP contribution in [-0.4, -0.2) is 17.8 Å². The van der Waals surface area contributed by atoms with E-state index in [1.54, 1.807) is 17.4 Å². The van der Waals surface area contributed by atoms with Crippen LogP contribution in [0.3, 0.4) is 0 Å². The molecule has 2 aromatic rings. The molecule has 1 aromatic carbocycles. The smallest absolute Gasteiger partial charge is 0.315 e. The van der Waals surface area contributed by atoms with E-state index < -0.39 is 6.86 Å². The number of halogens is 1. The largest absolute Gasteiger partial charge is 0.461 e. The van der Waals surface area contributed by atoms with E-state index >= 15 is 0 Å². The number of quaternary nitrogens is 1. The number of benzene rings is 1. The van der Waals surface area contributed by atoms with E-state index in [1.165, 1.54) is 11.8 Å². The van der Waals surface area contributed by atoms with Crippen LogP contribution >= 0.6 is 0 Å². The minimum absolute atomic E-state index is 0.0608. The van der Waals surface area contributed by atoms with Gasteiger partial charge in [0.1, 0.15) is 11.8 Å². The molecule has 0 aliphatic heterocycles. The maximum absolute atomic E-state index is 12.2. The molecule has 1 aromatic heterocycles. The summed E-state index contributed by atoms with van der Waals surface area (Å²) in [6.45, 7) is 5.33. The first-order valence-electron chi connectivity index (χ1n) is 8.11. The number of nitrogens with two attached hydrogens (primary N) is 1. The lowest BCUT2D eigenvalue weighted by molar-refractivity contribution is -0.609. The first-order chi connectivity index (χ1) is 11.5. The summed E-state index contributed by atoms with van der Waals surface area (Å²) < 4.78 is 16.8. The summed E-state index contributed by atoms with van der Waals surface area (Å²) >= 11 is 0. The van der Waals surface area contributed by atoms with E-state index in [9.17, 15) is 9.18 Å². The summed E-state index contributed by atoms with van der Waals surface area (Å²) in [4.78, 5) is 16.4. The highest BCUT2D eigenvalue weighted by atomic mass is 19.1. The second kappa shape index (κ2) is 8.55. The van der Waals surface area contributed by atoms with Crippen LogP contribution in [0.1, 0.15) is 49.6 Å². The zero-order valence-corrected chi connectivity index (χ0v) is 14.3. The third kappa shape index (κ3) is 5.13. The number of pyridine rings is 1. The number of carbonyl (C=O) groups is 1. The normalized spacial score (nSPS) is 12.2. The molecule has 1 heterocycles. The molecule has 1 atom stereocenters. The minimum atomic E-state index is -0.878. The summed E-state index contributed by atoms with van der Waals surface area (Å²) in [7, 11) is 0. The Hall–Kier alpha value is -2.27. The fourth-order valence-corrected chi connectivity index (χ4v) is 2.45. The van der Waals surface area contributed by atoms with Crippen molar-refractivity contribution in [3.63, 3.8) is 0 Å². The highest BCUT2D eigenvalue weighted by Crippen LogP contribution is 2.15. The first kappa shape index (κ1) is 18.1. The number of primary amides is 1. The number of hydrogen-bond donors (Lipinski definition) is 1. The number of aromatic nitrogens is 1. The Kier molecular flexibility index (Phi) is 6.44. The second-order valence-electron chi connectivity index (χ2n) is 6.17. The molecule has 2 rings (SSSR count). The number of amides is 1. The van der Waals surface area contributed by atoms with E-state index in [4.69, 9.17) is 4.74 Å². The lowest BCUT2D eigenvalue weighted by Crippen LogP contribution is -2.89. The van der Waals surface area contributed by atoms with Crippen LogP contribution < -0.4 is 10.1 Å². The number of alkyl halides is 1. The van der Waals surface area contributed by atoms with Gasteiger partial charge in [-0.1, -0.05) is 38.1 Å². The summed E-state index contributed by atoms with van der Waals surface area (Å²) in [6.07, 6.45) is 1.85. The van der Waals surface area contributed by atoms with E-state index in [0.717, 1.165) is 11.3 Å². The molecule has 5 heteroatoms. The molecular formula is C19H24FN2O2+. The zero-order valence-electron chi connectivity index (χ0n) is 14.3. The van der Waals surface area contributed by atoms with Crippen molar-refractivity contribution in [2.45, 2.75) is 39.2 Å². The molecule has 24 heavy (non-hydrogen) atoms. The number of ether oxygens (including phenoxy) is 1. The fourth-order valence-electron chi connectivity index (χ4n) is 2.45. The van der Waals surface area contributed by atoms with Crippen molar-refractivity contribution in [3.8, 4) is 5.75 Å². The Labute approximate surface area is 142 Å². The Morgan fingerprint density at radius 3 is 2.42 bits per heavy atom. The maximum atomic E-state index is 12.2. The van der Waals surface area contributed by atoms with Gasteiger partial charge < -0.3 is 4.74 Å². The summed E-state index contributed by atoms with van der Waals surface area (Å²) in [5.74, 6) is 0.924. The highest BCUT2D eigenvalue weighted by molar-refractivity contribution is 5.69. The molecule has 0 saturated heterocycles. The maximum Gasteiger partial charge on any atom is 0.315 e. The van der Waals surface area contributed by atoms with Crippen LogP contribution in [0.5, 0.6) is 5.75 Å². The lowest BCUT2D eigenvalue weighted by atomic mass is 10.0. The number of hydrogen-bond acceptors (Lipinski definition) is 3. The van der Waals surface area contributed by atoms with Gasteiger partial charge in [-0.2, -0.15) is 0 Å². The van der Waals surface area contributed by atoms with Crippen molar-refractivity contribution in [2.75, 3.05) is 6.86 Å². The molecule has 0 aliphatic rings. The first-order valence-corrected chi connectivity index (χ1v) is 8.11. The Bertz CT molecular complexity index is 654. The quantitative estimate of drug-likeness (QED) is 0.849. The van der Waals surface area contributed by atoms with Crippen LogP contribution in [0.25, 0.3) is 0 Å². The fraction of sp³-hybridized carbons (Fsp3) is 0.368. The molecule has 2 N–H and O–H groups in total. The summed E-state index contributed by atoms with van der Waals surface area (Å²) in [6, 6.07) is 11.5. The summed E-state index contributed by atoms with van der Waals surface area (Å²) in [5, 5.41) is 1.67. The molecule has 0 bridgehead atoms. The standard InChI is InChI=1S/C19H23FN2O2/c1-13(2)16-6-4-15(5-7-16)10-19(23)22-14(3)18-9-8-17(11-21-18)24-12-20/h4-9,11,13-14H,10,12H2,1-3H3,(H,22,23)/p+1/t14-/m1/s1. The average molecular weight is 331 g/mol. The third-order valence-electron chi connectivity index (χ3n) is 3.91. The van der Waals surface area contributed by atoms with Gasteiger partial charge in [-0.3, -0.25) is 10.3 Å². The third-order valence-corrected chi connectivity index (χ3v) is 3.91. The lowest BCUT2D eigenvalue weighted by Gasteiger charge is -2.10. The Morgan fingerprint density at radius 1 is 1.17 bits per heavy atom. The number of carbonyl (C=O) groups excluding carboxylic acids is 1. The summed E-state index contributed by atoms with van der Waals surface area (Å²) in [5.41, 5.74) is 3.03. The number of nitrogens with zero attached hydrogens (tertiary/aromatic N) is 1. The van der Waals surface area contributed by atoms with Crippen molar-refractivity contribution < 1.29 is 19.2 Å². The SMILES string of the molecule is CC(C)c1ccc(CC(=O)[NH2+][C@H](C)c2ccc(OCF)cn2)cc1. The molecule has 128 valence electrons. The molecule has 0 unspecified atom stereocenters. The van der Waals surface area contributed by atoms with Gasteiger partial charge in [0.15, 0.2) is 0 Å². The van der Waals surface area contributed by atoms with Crippen molar-refractivity contribution in [1.29, 1.82) is 0 Å². The van der Waals surface area contributed by atoms with Gasteiger partial charge in [0.05, 0.1) is 18.3 Å². The van der Waals surface area contributed by atoms with Crippen LogP contribution in [0.4, 0.5) is 4.39 Å². The van der Waals surface area contributed by atoms with Gasteiger partial charge in [0.2, 0.25) is 6.86 Å². The van der Waals surface area contributed by atoms with Gasteiger partial charge in [-0.15, -0.1) is 0 Å². The van der Waals surface area contributed by atoms with Crippen LogP contribution in [0, 0.1) is 0 Å². The monoisotopic (exact) mass is 331 g/mol. The molecule has 0 radical (unpaired) electrons. The van der Waals surface area contributed by atoms with E-state index in [1.807, 2.05) is 19.1 Å². The van der Waals surface area contributed by atoms with Gasteiger partial charge in [-0.05, 0) is 36.1 Å². The van der Waals surface area contributed by atoms with E-state index in [2.05, 4.69) is 31.0 Å². The molecule has 1 amide bonds. The number of rotatable bonds is 7. The van der Waals surface area contributed by atoms with E-state index in [0.29, 0.717) is 18.1 Å². The predicted molar refractivity (Wildman–Crippen MR) is 90.4 cm³/mol. The van der Waals surface area contributed by atoms with Crippen LogP contribution in [0.15, 0.2) is 42.6 Å². The van der Waals surface area contributed by atoms with Crippen LogP contribution in [0.2, 0.25) is 0 Å². The van der Waals surface area contributed by atoms with Crippen molar-refractivity contribution >= 4 is 5.91 Å². The van der Waals surface area contributed by atoms with Crippen molar-refractivity contribution in [2.24, 2.45) is 0 Å². The zero-order chi connectivity index (χ0) is 17.5. The molecule has 0 aliphatic carbocycles. The van der Waals surface area contributed by atoms with Gasteiger partial charge in [-0.25, -0.2) is 9.18 Å². The second-order valence-corrected chi connectivity index (χ2v) is 6.17. The topological polar surface area (TPSA) is 55.8 Å². The minimum Gasteiger partial charge on any atom is -0.461 e. The van der Waals surface area contributed by atoms with Gasteiger partial charge >= 0.3 is 5.91 Å². The molecule has 4 nitrogen and oxygen atoms in total. The highest BCUT2D eigenvalue weighted by Gasteiger charge is 2.16. The Morgan fingerprint density at radius 2 is 1.88 bits per heavy atom. The molecule has 0 spiro atoms. The predicted octanol–water partition coefficient (Wildman–Crippen LogP) is 2.90. The van der Waals surface area contributed by atoms with Gasteiger partial charge in [0, 0.05) is 0 Å². The molecular weight excluding hydrogens is 307 g/mol. The van der Waals surface area contributed by atoms with E-state index in [-0.39, 0.29) is 11.9 Å².